The normalized spacial score (nSPS) is 32.3. The number of unbranched alkanes of at least 4 members (excludes halogenated alkanes) is 2. The number of hydrogen-bond acceptors (Lipinski definition) is 15. The minimum atomic E-state index is -1.08. The first kappa shape index (κ1) is 35.7. The average molecular weight is 641 g/mol. The molecule has 2 heterocycles. The number of nitrogens with two attached hydrogens (primary N) is 4. The van der Waals surface area contributed by atoms with Crippen LogP contribution in [-0.4, -0.2) is 138 Å². The molecule has 2 aliphatic carbocycles. The van der Waals surface area contributed by atoms with Crippen LogP contribution in [0.15, 0.2) is 12.4 Å². The number of nitrogens with zero attached hydrogens (tertiary/aromatic N) is 6. The van der Waals surface area contributed by atoms with E-state index in [2.05, 4.69) is 20.6 Å². The Morgan fingerprint density at radius 1 is 0.600 bits per heavy atom. The molecular weight excluding hydrogens is 588 g/mol. The van der Waals surface area contributed by atoms with Gasteiger partial charge in [0.15, 0.2) is 0 Å². The van der Waals surface area contributed by atoms with Crippen LogP contribution in [-0.2, 0) is 40.1 Å². The van der Waals surface area contributed by atoms with Gasteiger partial charge in [0, 0.05) is 49.8 Å². The van der Waals surface area contributed by atoms with Gasteiger partial charge in [-0.1, -0.05) is 10.4 Å². The number of rotatable bonds is 18. The van der Waals surface area contributed by atoms with Crippen LogP contribution in [0.4, 0.5) is 0 Å². The van der Waals surface area contributed by atoms with Crippen molar-refractivity contribution in [3.63, 3.8) is 0 Å². The summed E-state index contributed by atoms with van der Waals surface area (Å²) < 4.78 is 20.8. The van der Waals surface area contributed by atoms with Crippen molar-refractivity contribution in [3.8, 4) is 0 Å². The highest BCUT2D eigenvalue weighted by Gasteiger charge is 2.42. The molecule has 0 aliphatic heterocycles. The lowest BCUT2D eigenvalue weighted by molar-refractivity contribution is -0.127. The van der Waals surface area contributed by atoms with E-state index in [1.54, 1.807) is 9.36 Å². The van der Waals surface area contributed by atoms with Crippen molar-refractivity contribution >= 4 is 0 Å². The van der Waals surface area contributed by atoms with Gasteiger partial charge in [-0.15, -0.1) is 10.2 Å². The minimum absolute atomic E-state index is 0.404. The zero-order valence-electron chi connectivity index (χ0n) is 25.8. The van der Waals surface area contributed by atoms with Gasteiger partial charge in [0.25, 0.3) is 0 Å². The molecule has 45 heavy (non-hydrogen) atoms. The molecule has 2 fully saturated rings. The zero-order chi connectivity index (χ0) is 32.3. The van der Waals surface area contributed by atoms with E-state index in [0.717, 1.165) is 49.9 Å². The number of hydrogen-bond donors (Lipinski definition) is 8. The quantitative estimate of drug-likeness (QED) is 0.0736. The zero-order valence-corrected chi connectivity index (χ0v) is 25.8. The molecule has 4 rings (SSSR count). The number of aromatic nitrogens is 6. The molecule has 0 saturated heterocycles. The third kappa shape index (κ3) is 10.4. The van der Waals surface area contributed by atoms with Gasteiger partial charge in [0.1, 0.15) is 24.4 Å². The lowest BCUT2D eigenvalue weighted by atomic mass is 9.85. The fraction of sp³-hybridized carbons (Fsp3) is 0.857. The van der Waals surface area contributed by atoms with E-state index < -0.39 is 60.8 Å². The number of aryl methyl sites for hydroxylation is 2. The molecule has 0 unspecified atom stereocenters. The highest BCUT2D eigenvalue weighted by Crippen LogP contribution is 2.22. The number of aliphatic hydroxyl groups is 4. The molecular formula is C28H52N10O7. The molecule has 0 radical (unpaired) electrons. The second kappa shape index (κ2) is 17.7. The standard InChI is InChI=1S/C28H52N10O7/c29-19-13-21(31)27(25(41)23(19)39)44-9-3-1-5-17-15-37(35-33-17)7-11-43-12-8-38-16-18(34-36-38)6-2-4-10-45-28-22(32)14-20(30)24(40)26(28)42/h15-16,19-28,39-42H,1-14,29-32H2/t19-,20-,21+,22+,23+,24+,25-,26-,27-,28-/m1/s1. The van der Waals surface area contributed by atoms with Gasteiger partial charge in [0.2, 0.25) is 0 Å². The van der Waals surface area contributed by atoms with Crippen LogP contribution >= 0.6 is 0 Å². The molecule has 0 bridgehead atoms. The summed E-state index contributed by atoms with van der Waals surface area (Å²) in [6.45, 7) is 2.98. The molecule has 2 aliphatic rings. The molecule has 17 heteroatoms. The Hall–Kier alpha value is -2.16. The number of ether oxygens (including phenoxy) is 3. The first-order valence-corrected chi connectivity index (χ1v) is 16.0. The summed E-state index contributed by atoms with van der Waals surface area (Å²) in [5.74, 6) is 0. The minimum Gasteiger partial charge on any atom is -0.389 e. The van der Waals surface area contributed by atoms with Gasteiger partial charge in [-0.3, -0.25) is 0 Å². The molecule has 0 aromatic carbocycles. The highest BCUT2D eigenvalue weighted by molar-refractivity contribution is 4.99. The third-order valence-corrected chi connectivity index (χ3v) is 8.56. The first-order valence-electron chi connectivity index (χ1n) is 16.0. The summed E-state index contributed by atoms with van der Waals surface area (Å²) >= 11 is 0. The Balaban J connectivity index is 1.01. The van der Waals surface area contributed by atoms with Gasteiger partial charge >= 0.3 is 0 Å². The Morgan fingerprint density at radius 2 is 1.02 bits per heavy atom. The number of aliphatic hydroxyl groups excluding tert-OH is 4. The van der Waals surface area contributed by atoms with E-state index in [0.29, 0.717) is 52.4 Å². The maximum Gasteiger partial charge on any atom is 0.109 e. The summed E-state index contributed by atoms with van der Waals surface area (Å²) in [5.41, 5.74) is 25.4. The predicted octanol–water partition coefficient (Wildman–Crippen LogP) is -3.44. The van der Waals surface area contributed by atoms with E-state index in [1.165, 1.54) is 0 Å². The second-order valence-corrected chi connectivity index (χ2v) is 12.2. The van der Waals surface area contributed by atoms with E-state index >= 15 is 0 Å². The third-order valence-electron chi connectivity index (χ3n) is 8.56. The van der Waals surface area contributed by atoms with E-state index in [9.17, 15) is 20.4 Å². The summed E-state index contributed by atoms with van der Waals surface area (Å²) in [6, 6.07) is -1.89. The SMILES string of the molecule is N[C@@H]1C[C@H](N)[C@@H](OCCCCc2cn(CCOCCn3cc(CCCCO[C@H]4[C@H](O)[C@@H](O)[C@H](N)C[C@@H]4N)nn3)nn2)[C@H](O)[C@H]1O. The summed E-state index contributed by atoms with van der Waals surface area (Å²) in [5, 5.41) is 57.0. The monoisotopic (exact) mass is 640 g/mol. The van der Waals surface area contributed by atoms with Crippen molar-refractivity contribution in [2.75, 3.05) is 26.4 Å². The van der Waals surface area contributed by atoms with E-state index in [4.69, 9.17) is 37.1 Å². The lowest BCUT2D eigenvalue weighted by Gasteiger charge is -2.39. The molecule has 17 nitrogen and oxygen atoms in total. The molecule has 10 atom stereocenters. The van der Waals surface area contributed by atoms with Crippen molar-refractivity contribution < 1.29 is 34.6 Å². The van der Waals surface area contributed by atoms with Gasteiger partial charge < -0.3 is 57.6 Å². The summed E-state index contributed by atoms with van der Waals surface area (Å²) in [4.78, 5) is 0. The van der Waals surface area contributed by atoms with Crippen LogP contribution in [0.5, 0.6) is 0 Å². The van der Waals surface area contributed by atoms with Gasteiger partial charge in [0.05, 0.1) is 49.9 Å². The topological polar surface area (TPSA) is 274 Å². The smallest absolute Gasteiger partial charge is 0.109 e. The first-order chi connectivity index (χ1) is 21.6. The van der Waals surface area contributed by atoms with Crippen LogP contribution in [0.1, 0.15) is 49.9 Å². The maximum absolute atomic E-state index is 10.2. The predicted molar refractivity (Wildman–Crippen MR) is 161 cm³/mol. The molecule has 0 amide bonds. The maximum atomic E-state index is 10.2. The van der Waals surface area contributed by atoms with Crippen LogP contribution in [0, 0.1) is 0 Å². The van der Waals surface area contributed by atoms with Crippen LogP contribution in [0.2, 0.25) is 0 Å². The fourth-order valence-electron chi connectivity index (χ4n) is 5.82. The van der Waals surface area contributed by atoms with Crippen LogP contribution < -0.4 is 22.9 Å². The second-order valence-electron chi connectivity index (χ2n) is 12.2. The van der Waals surface area contributed by atoms with E-state index in [1.807, 2.05) is 12.4 Å². The molecule has 2 aromatic rings. The van der Waals surface area contributed by atoms with Gasteiger partial charge in [-0.2, -0.15) is 0 Å². The Bertz CT molecular complexity index is 1040. The van der Waals surface area contributed by atoms with E-state index in [-0.39, 0.29) is 0 Å². The summed E-state index contributed by atoms with van der Waals surface area (Å²) in [7, 11) is 0. The van der Waals surface area contributed by atoms with Crippen molar-refractivity contribution in [1.29, 1.82) is 0 Å². The Morgan fingerprint density at radius 3 is 1.44 bits per heavy atom. The van der Waals surface area contributed by atoms with Crippen molar-refractivity contribution in [2.45, 2.75) is 125 Å². The van der Waals surface area contributed by atoms with Gasteiger partial charge in [-0.05, 0) is 51.4 Å². The molecule has 256 valence electrons. The van der Waals surface area contributed by atoms with Crippen molar-refractivity contribution in [1.82, 2.24) is 30.0 Å². The summed E-state index contributed by atoms with van der Waals surface area (Å²) in [6.07, 6.45) is 3.85. The largest absolute Gasteiger partial charge is 0.389 e. The van der Waals surface area contributed by atoms with Crippen molar-refractivity contribution in [2.24, 2.45) is 22.9 Å². The molecule has 2 saturated carbocycles. The van der Waals surface area contributed by atoms with Crippen LogP contribution in [0.3, 0.4) is 0 Å². The molecule has 0 spiro atoms. The van der Waals surface area contributed by atoms with Crippen molar-refractivity contribution in [3.05, 3.63) is 23.8 Å². The molecule has 12 N–H and O–H groups in total. The van der Waals surface area contributed by atoms with Crippen LogP contribution in [0.25, 0.3) is 0 Å². The average Bonchev–Trinajstić information content (AvgIpc) is 3.66. The molecule has 2 aromatic heterocycles. The van der Waals surface area contributed by atoms with Gasteiger partial charge in [-0.25, -0.2) is 9.36 Å². The Kier molecular flexibility index (Phi) is 14.0. The lowest BCUT2D eigenvalue weighted by Crippen LogP contribution is -2.62. The fourth-order valence-corrected chi connectivity index (χ4v) is 5.82. The Labute approximate surface area is 263 Å². The highest BCUT2D eigenvalue weighted by atomic mass is 16.5.